The zero-order valence-electron chi connectivity index (χ0n) is 19.8. The number of ether oxygens (including phenoxy) is 1. The second-order valence-corrected chi connectivity index (χ2v) is 8.93. The molecule has 3 aromatic rings. The minimum atomic E-state index is -1.22. The average molecular weight is 455 g/mol. The summed E-state index contributed by atoms with van der Waals surface area (Å²) in [6, 6.07) is 25.1. The molecule has 1 atom stereocenters. The van der Waals surface area contributed by atoms with Crippen molar-refractivity contribution in [2.24, 2.45) is 5.10 Å². The second-order valence-electron chi connectivity index (χ2n) is 8.93. The average Bonchev–Trinajstić information content (AvgIpc) is 3.20. The highest BCUT2D eigenvalue weighted by Crippen LogP contribution is 2.43. The van der Waals surface area contributed by atoms with Crippen molar-refractivity contribution in [1.82, 2.24) is 5.43 Å². The molecule has 0 spiro atoms. The number of hydrazone groups is 1. The smallest absolute Gasteiger partial charge is 0.277 e. The van der Waals surface area contributed by atoms with Crippen LogP contribution in [0.5, 0.6) is 5.75 Å². The van der Waals surface area contributed by atoms with Gasteiger partial charge in [-0.05, 0) is 58.9 Å². The third-order valence-corrected chi connectivity index (χ3v) is 6.09. The summed E-state index contributed by atoms with van der Waals surface area (Å²) < 4.78 is 5.65. The fourth-order valence-electron chi connectivity index (χ4n) is 4.38. The maximum atomic E-state index is 12.4. The zero-order valence-corrected chi connectivity index (χ0v) is 19.8. The summed E-state index contributed by atoms with van der Waals surface area (Å²) in [5.74, 6) is 0.723. The van der Waals surface area contributed by atoms with Crippen LogP contribution in [-0.2, 0) is 10.4 Å². The van der Waals surface area contributed by atoms with Crippen molar-refractivity contribution in [3.63, 3.8) is 0 Å². The van der Waals surface area contributed by atoms with Gasteiger partial charge in [0.2, 0.25) is 0 Å². The number of aliphatic hydroxyl groups is 1. The Morgan fingerprint density at radius 2 is 1.74 bits per heavy atom. The molecule has 5 heteroatoms. The van der Waals surface area contributed by atoms with Crippen molar-refractivity contribution in [3.8, 4) is 5.75 Å². The van der Waals surface area contributed by atoms with E-state index in [0.717, 1.165) is 22.3 Å². The van der Waals surface area contributed by atoms with Crippen LogP contribution in [0.2, 0.25) is 0 Å². The molecule has 0 saturated carbocycles. The lowest BCUT2D eigenvalue weighted by atomic mass is 9.84. The van der Waals surface area contributed by atoms with Gasteiger partial charge in [-0.1, -0.05) is 80.6 Å². The molecule has 0 aliphatic heterocycles. The molecule has 0 aromatic heterocycles. The minimum absolute atomic E-state index is 0.143. The molecule has 1 aliphatic rings. The highest BCUT2D eigenvalue weighted by molar-refractivity contribution is 6.08. The van der Waals surface area contributed by atoms with E-state index in [1.165, 1.54) is 5.56 Å². The molecule has 0 heterocycles. The van der Waals surface area contributed by atoms with Gasteiger partial charge in [-0.2, -0.15) is 5.10 Å². The van der Waals surface area contributed by atoms with Gasteiger partial charge in [0.15, 0.2) is 6.61 Å². The summed E-state index contributed by atoms with van der Waals surface area (Å²) in [6.07, 6.45) is 2.11. The highest BCUT2D eigenvalue weighted by atomic mass is 16.5. The predicted octanol–water partition coefficient (Wildman–Crippen LogP) is 5.34. The van der Waals surface area contributed by atoms with Crippen molar-refractivity contribution in [2.45, 2.75) is 38.7 Å². The summed E-state index contributed by atoms with van der Waals surface area (Å²) in [4.78, 5) is 12.4. The minimum Gasteiger partial charge on any atom is -0.484 e. The van der Waals surface area contributed by atoms with Crippen LogP contribution in [0, 0.1) is 6.92 Å². The molecular formula is C29H30N2O3. The molecule has 1 amide bonds. The van der Waals surface area contributed by atoms with Gasteiger partial charge in [-0.15, -0.1) is 0 Å². The van der Waals surface area contributed by atoms with Crippen molar-refractivity contribution in [1.29, 1.82) is 0 Å². The fraction of sp³-hybridized carbons (Fsp3) is 0.241. The predicted molar refractivity (Wildman–Crippen MR) is 136 cm³/mol. The first-order chi connectivity index (χ1) is 16.4. The van der Waals surface area contributed by atoms with Gasteiger partial charge in [0.05, 0.1) is 5.71 Å². The van der Waals surface area contributed by atoms with Crippen LogP contribution in [0.4, 0.5) is 0 Å². The van der Waals surface area contributed by atoms with Gasteiger partial charge in [0, 0.05) is 6.42 Å². The van der Waals surface area contributed by atoms with Gasteiger partial charge in [0.25, 0.3) is 5.91 Å². The van der Waals surface area contributed by atoms with Crippen LogP contribution in [-0.4, -0.2) is 23.3 Å². The fourth-order valence-corrected chi connectivity index (χ4v) is 4.38. The molecule has 2 N–H and O–H groups in total. The van der Waals surface area contributed by atoms with E-state index in [1.807, 2.05) is 91.9 Å². The molecule has 3 aromatic carbocycles. The Balaban J connectivity index is 1.47. The Kier molecular flexibility index (Phi) is 6.94. The quantitative estimate of drug-likeness (QED) is 0.473. The molecule has 0 bridgehead atoms. The van der Waals surface area contributed by atoms with E-state index in [9.17, 15) is 9.90 Å². The highest BCUT2D eigenvalue weighted by Gasteiger charge is 2.40. The Morgan fingerprint density at radius 1 is 1.06 bits per heavy atom. The van der Waals surface area contributed by atoms with Crippen molar-refractivity contribution >= 4 is 17.2 Å². The Labute approximate surface area is 200 Å². The molecular weight excluding hydrogens is 424 g/mol. The molecule has 34 heavy (non-hydrogen) atoms. The largest absolute Gasteiger partial charge is 0.484 e. The van der Waals surface area contributed by atoms with E-state index in [-0.39, 0.29) is 18.9 Å². The zero-order chi connectivity index (χ0) is 24.1. The first-order valence-corrected chi connectivity index (χ1v) is 11.5. The van der Waals surface area contributed by atoms with Crippen LogP contribution < -0.4 is 10.2 Å². The molecule has 0 saturated heterocycles. The number of carbonyl (C=O) groups is 1. The number of benzene rings is 3. The summed E-state index contributed by atoms with van der Waals surface area (Å²) in [5, 5.41) is 16.0. The number of nitrogens with one attached hydrogen (secondary N) is 1. The van der Waals surface area contributed by atoms with Crippen LogP contribution >= 0.6 is 0 Å². The van der Waals surface area contributed by atoms with Crippen molar-refractivity contribution in [3.05, 3.63) is 107 Å². The normalized spacial score (nSPS) is 18.7. The molecule has 4 rings (SSSR count). The molecule has 0 fully saturated rings. The van der Waals surface area contributed by atoms with E-state index in [4.69, 9.17) is 4.74 Å². The molecule has 1 unspecified atom stereocenters. The molecule has 0 radical (unpaired) electrons. The maximum absolute atomic E-state index is 12.4. The van der Waals surface area contributed by atoms with E-state index in [1.54, 1.807) is 0 Å². The first kappa shape index (κ1) is 23.5. The monoisotopic (exact) mass is 454 g/mol. The number of hydrogen-bond donors (Lipinski definition) is 2. The Bertz CT molecular complexity index is 1220. The van der Waals surface area contributed by atoms with Crippen molar-refractivity contribution in [2.75, 3.05) is 6.61 Å². The molecule has 5 nitrogen and oxygen atoms in total. The van der Waals surface area contributed by atoms with Gasteiger partial charge >= 0.3 is 0 Å². The van der Waals surface area contributed by atoms with Crippen molar-refractivity contribution < 1.29 is 14.6 Å². The summed E-state index contributed by atoms with van der Waals surface area (Å²) >= 11 is 0. The number of amides is 1. The molecule has 174 valence electrons. The number of nitrogens with zero attached hydrogens (tertiary/aromatic N) is 1. The topological polar surface area (TPSA) is 70.9 Å². The Hall–Kier alpha value is -3.70. The summed E-state index contributed by atoms with van der Waals surface area (Å²) in [7, 11) is 0. The number of rotatable bonds is 7. The SMILES string of the molecule is Cc1cc(OCC(=O)N/N=C2/C=C(c3ccccc3)C(O)(c3ccccc3)C2)ccc1C(C)C. The van der Waals surface area contributed by atoms with E-state index < -0.39 is 5.60 Å². The van der Waals surface area contributed by atoms with E-state index in [0.29, 0.717) is 17.4 Å². The van der Waals surface area contributed by atoms with Crippen LogP contribution in [0.1, 0.15) is 48.4 Å². The maximum Gasteiger partial charge on any atom is 0.277 e. The lowest BCUT2D eigenvalue weighted by Gasteiger charge is -2.27. The van der Waals surface area contributed by atoms with Gasteiger partial charge in [-0.3, -0.25) is 4.79 Å². The summed E-state index contributed by atoms with van der Waals surface area (Å²) in [5.41, 5.74) is 6.78. The third kappa shape index (κ3) is 5.10. The third-order valence-electron chi connectivity index (χ3n) is 6.09. The van der Waals surface area contributed by atoms with E-state index in [2.05, 4.69) is 24.4 Å². The second kappa shape index (κ2) is 10.1. The number of allylic oxidation sites excluding steroid dienone is 1. The standard InChI is InChI=1S/C29H30N2O3/c1-20(2)26-15-14-25(16-21(26)3)34-19-28(32)31-30-24-17-27(22-10-6-4-7-11-22)29(33,18-24)23-12-8-5-9-13-23/h4-17,20,33H,18-19H2,1-3H3,(H,31,32)/b30-24-. The van der Waals surface area contributed by atoms with Crippen LogP contribution in [0.25, 0.3) is 5.57 Å². The first-order valence-electron chi connectivity index (χ1n) is 11.5. The number of hydrogen-bond acceptors (Lipinski definition) is 4. The van der Waals surface area contributed by atoms with E-state index >= 15 is 0 Å². The summed E-state index contributed by atoms with van der Waals surface area (Å²) in [6.45, 7) is 6.19. The van der Waals surface area contributed by atoms with Crippen LogP contribution in [0.3, 0.4) is 0 Å². The van der Waals surface area contributed by atoms with Crippen LogP contribution in [0.15, 0.2) is 90.0 Å². The van der Waals surface area contributed by atoms with Gasteiger partial charge in [-0.25, -0.2) is 5.43 Å². The number of carbonyl (C=O) groups excluding carboxylic acids is 1. The number of aryl methyl sites for hydroxylation is 1. The van der Waals surface area contributed by atoms with Gasteiger partial charge < -0.3 is 9.84 Å². The molecule has 1 aliphatic carbocycles. The lowest BCUT2D eigenvalue weighted by Crippen LogP contribution is -2.27. The van der Waals surface area contributed by atoms with Gasteiger partial charge in [0.1, 0.15) is 11.4 Å². The lowest BCUT2D eigenvalue weighted by molar-refractivity contribution is -0.123. The Morgan fingerprint density at radius 3 is 2.38 bits per heavy atom.